The zero-order valence-corrected chi connectivity index (χ0v) is 10.3. The van der Waals surface area contributed by atoms with Crippen molar-refractivity contribution in [2.75, 3.05) is 32.8 Å². The maximum atomic E-state index is 9.49. The monoisotopic (exact) mass is 234 g/mol. The minimum Gasteiger partial charge on any atom is -0.396 e. The highest BCUT2D eigenvalue weighted by Crippen LogP contribution is 2.32. The lowest BCUT2D eigenvalue weighted by molar-refractivity contribution is 0.215. The molecule has 0 amide bonds. The molecule has 3 N–H and O–H groups in total. The van der Waals surface area contributed by atoms with Crippen molar-refractivity contribution in [1.29, 1.82) is 0 Å². The van der Waals surface area contributed by atoms with Crippen molar-refractivity contribution < 1.29 is 5.11 Å². The third-order valence-electron chi connectivity index (χ3n) is 3.66. The van der Waals surface area contributed by atoms with Crippen molar-refractivity contribution in [3.05, 3.63) is 35.9 Å². The van der Waals surface area contributed by atoms with Crippen molar-refractivity contribution in [2.24, 2.45) is 11.7 Å². The van der Waals surface area contributed by atoms with Crippen LogP contribution in [0.15, 0.2) is 30.3 Å². The third kappa shape index (κ3) is 3.06. The molecule has 1 aliphatic heterocycles. The SMILES string of the molecule is NCCCN1CC(CO)C(c2ccccc2)C1. The van der Waals surface area contributed by atoms with E-state index in [0.717, 1.165) is 32.6 Å². The molecule has 0 aromatic heterocycles. The molecule has 2 rings (SSSR count). The molecule has 2 atom stereocenters. The van der Waals surface area contributed by atoms with Crippen molar-refractivity contribution in [2.45, 2.75) is 12.3 Å². The van der Waals surface area contributed by atoms with Gasteiger partial charge in [-0.2, -0.15) is 0 Å². The van der Waals surface area contributed by atoms with Crippen LogP contribution in [0, 0.1) is 5.92 Å². The number of aliphatic hydroxyl groups is 1. The van der Waals surface area contributed by atoms with Crippen molar-refractivity contribution in [3.63, 3.8) is 0 Å². The summed E-state index contributed by atoms with van der Waals surface area (Å²) in [4.78, 5) is 2.42. The summed E-state index contributed by atoms with van der Waals surface area (Å²) in [6.07, 6.45) is 1.04. The number of likely N-dealkylation sites (tertiary alicyclic amines) is 1. The Morgan fingerprint density at radius 2 is 2.00 bits per heavy atom. The van der Waals surface area contributed by atoms with Gasteiger partial charge in [0.2, 0.25) is 0 Å². The van der Waals surface area contributed by atoms with Crippen LogP contribution in [0.4, 0.5) is 0 Å². The van der Waals surface area contributed by atoms with Gasteiger partial charge in [0.25, 0.3) is 0 Å². The first kappa shape index (κ1) is 12.6. The Kier molecular flexibility index (Phi) is 4.54. The average molecular weight is 234 g/mol. The van der Waals surface area contributed by atoms with Crippen LogP contribution in [-0.4, -0.2) is 42.8 Å². The summed E-state index contributed by atoms with van der Waals surface area (Å²) in [5, 5.41) is 9.49. The van der Waals surface area contributed by atoms with Gasteiger partial charge in [0.15, 0.2) is 0 Å². The summed E-state index contributed by atoms with van der Waals surface area (Å²) in [5.41, 5.74) is 6.89. The maximum Gasteiger partial charge on any atom is 0.0477 e. The molecule has 17 heavy (non-hydrogen) atoms. The minimum absolute atomic E-state index is 0.276. The van der Waals surface area contributed by atoms with Crippen molar-refractivity contribution >= 4 is 0 Å². The summed E-state index contributed by atoms with van der Waals surface area (Å²) in [6, 6.07) is 10.5. The molecule has 1 fully saturated rings. The van der Waals surface area contributed by atoms with Crippen LogP contribution in [0.2, 0.25) is 0 Å². The normalized spacial score (nSPS) is 25.3. The molecule has 1 heterocycles. The van der Waals surface area contributed by atoms with Gasteiger partial charge in [0.05, 0.1) is 0 Å². The van der Waals surface area contributed by atoms with Gasteiger partial charge in [-0.3, -0.25) is 0 Å². The molecule has 0 saturated carbocycles. The molecule has 2 unspecified atom stereocenters. The zero-order chi connectivity index (χ0) is 12.1. The molecule has 0 bridgehead atoms. The first-order valence-electron chi connectivity index (χ1n) is 6.43. The lowest BCUT2D eigenvalue weighted by atomic mass is 9.90. The molecular weight excluding hydrogens is 212 g/mol. The van der Waals surface area contributed by atoms with Gasteiger partial charge in [-0.1, -0.05) is 30.3 Å². The zero-order valence-electron chi connectivity index (χ0n) is 10.3. The van der Waals surface area contributed by atoms with Crippen LogP contribution in [0.3, 0.4) is 0 Å². The van der Waals surface area contributed by atoms with E-state index in [2.05, 4.69) is 29.2 Å². The topological polar surface area (TPSA) is 49.5 Å². The van der Waals surface area contributed by atoms with E-state index in [1.165, 1.54) is 5.56 Å². The van der Waals surface area contributed by atoms with Gasteiger partial charge in [-0.25, -0.2) is 0 Å². The maximum absolute atomic E-state index is 9.49. The number of benzene rings is 1. The van der Waals surface area contributed by atoms with E-state index in [9.17, 15) is 5.11 Å². The predicted molar refractivity (Wildman–Crippen MR) is 69.9 cm³/mol. The first-order valence-corrected chi connectivity index (χ1v) is 6.43. The summed E-state index contributed by atoms with van der Waals surface area (Å²) >= 11 is 0. The van der Waals surface area contributed by atoms with E-state index in [4.69, 9.17) is 5.73 Å². The van der Waals surface area contributed by atoms with Gasteiger partial charge in [-0.05, 0) is 25.1 Å². The number of nitrogens with two attached hydrogens (primary N) is 1. The lowest BCUT2D eigenvalue weighted by Gasteiger charge is -2.16. The molecule has 94 valence electrons. The van der Waals surface area contributed by atoms with Crippen LogP contribution in [-0.2, 0) is 0 Å². The highest BCUT2D eigenvalue weighted by molar-refractivity contribution is 5.22. The van der Waals surface area contributed by atoms with Crippen LogP contribution in [0.5, 0.6) is 0 Å². The van der Waals surface area contributed by atoms with E-state index >= 15 is 0 Å². The Hall–Kier alpha value is -0.900. The van der Waals surface area contributed by atoms with Crippen LogP contribution >= 0.6 is 0 Å². The average Bonchev–Trinajstić information content (AvgIpc) is 2.80. The first-order chi connectivity index (χ1) is 8.35. The highest BCUT2D eigenvalue weighted by atomic mass is 16.3. The molecule has 0 radical (unpaired) electrons. The molecule has 3 nitrogen and oxygen atoms in total. The van der Waals surface area contributed by atoms with Crippen LogP contribution in [0.25, 0.3) is 0 Å². The standard InChI is InChI=1S/C14H22N2O/c15-7-4-8-16-9-13(11-17)14(10-16)12-5-2-1-3-6-12/h1-3,5-6,13-14,17H,4,7-11,15H2. The molecule has 1 aromatic rings. The Morgan fingerprint density at radius 1 is 1.24 bits per heavy atom. The van der Waals surface area contributed by atoms with Gasteiger partial charge >= 0.3 is 0 Å². The summed E-state index contributed by atoms with van der Waals surface area (Å²) in [7, 11) is 0. The summed E-state index contributed by atoms with van der Waals surface area (Å²) in [5.74, 6) is 0.842. The van der Waals surface area contributed by atoms with E-state index in [1.807, 2.05) is 6.07 Å². The molecule has 0 spiro atoms. The molecule has 1 aromatic carbocycles. The number of hydrogen-bond acceptors (Lipinski definition) is 3. The number of rotatable bonds is 5. The summed E-state index contributed by atoms with van der Waals surface area (Å²) in [6.45, 7) is 4.12. The molecule has 1 saturated heterocycles. The smallest absolute Gasteiger partial charge is 0.0477 e. The fourth-order valence-corrected chi connectivity index (χ4v) is 2.72. The van der Waals surface area contributed by atoms with Gasteiger partial charge in [-0.15, -0.1) is 0 Å². The largest absolute Gasteiger partial charge is 0.396 e. The predicted octanol–water partition coefficient (Wildman–Crippen LogP) is 1.04. The molecular formula is C14H22N2O. The second-order valence-electron chi connectivity index (χ2n) is 4.86. The Labute approximate surface area is 103 Å². The lowest BCUT2D eigenvalue weighted by Crippen LogP contribution is -2.24. The van der Waals surface area contributed by atoms with Crippen molar-refractivity contribution in [3.8, 4) is 0 Å². The van der Waals surface area contributed by atoms with Gasteiger partial charge in [0, 0.05) is 31.5 Å². The fourth-order valence-electron chi connectivity index (χ4n) is 2.72. The van der Waals surface area contributed by atoms with Gasteiger partial charge < -0.3 is 15.7 Å². The van der Waals surface area contributed by atoms with Crippen LogP contribution < -0.4 is 5.73 Å². The Balaban J connectivity index is 2.02. The molecule has 3 heteroatoms. The highest BCUT2D eigenvalue weighted by Gasteiger charge is 2.32. The summed E-state index contributed by atoms with van der Waals surface area (Å²) < 4.78 is 0. The molecule has 0 aliphatic carbocycles. The quantitative estimate of drug-likeness (QED) is 0.800. The Morgan fingerprint density at radius 3 is 2.65 bits per heavy atom. The van der Waals surface area contributed by atoms with Gasteiger partial charge in [0.1, 0.15) is 0 Å². The second-order valence-corrected chi connectivity index (χ2v) is 4.86. The fraction of sp³-hybridized carbons (Fsp3) is 0.571. The third-order valence-corrected chi connectivity index (χ3v) is 3.66. The van der Waals surface area contributed by atoms with Crippen molar-refractivity contribution in [1.82, 2.24) is 4.90 Å². The van der Waals surface area contributed by atoms with Crippen LogP contribution in [0.1, 0.15) is 17.9 Å². The number of aliphatic hydroxyl groups excluding tert-OH is 1. The Bertz CT molecular complexity index is 328. The van der Waals surface area contributed by atoms with E-state index < -0.39 is 0 Å². The van der Waals surface area contributed by atoms with E-state index in [-0.39, 0.29) is 6.61 Å². The minimum atomic E-state index is 0.276. The number of nitrogens with zero attached hydrogens (tertiary/aromatic N) is 1. The van der Waals surface area contributed by atoms with E-state index in [0.29, 0.717) is 11.8 Å². The second kappa shape index (κ2) is 6.15. The molecule has 1 aliphatic rings. The number of hydrogen-bond donors (Lipinski definition) is 2. The van der Waals surface area contributed by atoms with E-state index in [1.54, 1.807) is 0 Å².